The van der Waals surface area contributed by atoms with E-state index in [1.54, 1.807) is 13.8 Å². The van der Waals surface area contributed by atoms with Crippen LogP contribution in [0.3, 0.4) is 0 Å². The molecule has 0 unspecified atom stereocenters. The third kappa shape index (κ3) is 15.4. The number of hydrogen-bond acceptors (Lipinski definition) is 28. The van der Waals surface area contributed by atoms with Gasteiger partial charge < -0.3 is 139 Å². The van der Waals surface area contributed by atoms with Crippen molar-refractivity contribution in [2.75, 3.05) is 19.8 Å². The molecule has 28 heteroatoms. The second-order valence-corrected chi connectivity index (χ2v) is 21.2. The van der Waals surface area contributed by atoms with Crippen molar-refractivity contribution in [3.63, 3.8) is 0 Å². The molecule has 6 saturated heterocycles. The van der Waals surface area contributed by atoms with Gasteiger partial charge in [0.2, 0.25) is 6.29 Å². The molecule has 6 heterocycles. The first kappa shape index (κ1) is 65.1. The van der Waals surface area contributed by atoms with Crippen LogP contribution in [-0.2, 0) is 56.8 Å². The molecule has 0 amide bonds. The molecule has 78 heavy (non-hydrogen) atoms. The topological polar surface area (TPSA) is 434 Å². The van der Waals surface area contributed by atoms with Crippen molar-refractivity contribution in [3.05, 3.63) is 35.1 Å². The van der Waals surface area contributed by atoms with Gasteiger partial charge >= 0.3 is 0 Å². The third-order valence-corrected chi connectivity index (χ3v) is 14.9. The van der Waals surface area contributed by atoms with Gasteiger partial charge in [-0.3, -0.25) is 0 Å². The quantitative estimate of drug-likeness (QED) is 0.0376. The van der Waals surface area contributed by atoms with Crippen LogP contribution in [0.1, 0.15) is 74.1 Å². The van der Waals surface area contributed by atoms with Crippen LogP contribution in [0.2, 0.25) is 0 Å². The summed E-state index contributed by atoms with van der Waals surface area (Å²) in [5.74, 6) is 0. The van der Waals surface area contributed by atoms with Crippen LogP contribution < -0.4 is 0 Å². The van der Waals surface area contributed by atoms with Gasteiger partial charge in [0, 0.05) is 0 Å². The van der Waals surface area contributed by atoms with Gasteiger partial charge in [-0.15, -0.1) is 0 Å². The Morgan fingerprint density at radius 1 is 0.359 bits per heavy atom. The van der Waals surface area contributed by atoms with Crippen molar-refractivity contribution in [2.45, 2.75) is 258 Å². The van der Waals surface area contributed by atoms with E-state index in [0.717, 1.165) is 5.57 Å². The lowest BCUT2D eigenvalue weighted by Gasteiger charge is -2.48. The van der Waals surface area contributed by atoms with E-state index in [9.17, 15) is 81.7 Å². The van der Waals surface area contributed by atoms with Gasteiger partial charge in [-0.25, -0.2) is 0 Å². The Morgan fingerprint density at radius 2 is 0.679 bits per heavy atom. The summed E-state index contributed by atoms with van der Waals surface area (Å²) in [6.07, 6.45) is -38.7. The van der Waals surface area contributed by atoms with Gasteiger partial charge in [0.05, 0.1) is 50.5 Å². The zero-order valence-corrected chi connectivity index (χ0v) is 44.6. The first-order valence-electron chi connectivity index (χ1n) is 26.3. The molecule has 6 aliphatic heterocycles. The lowest BCUT2D eigenvalue weighted by Crippen LogP contribution is -2.66. The van der Waals surface area contributed by atoms with E-state index in [1.165, 1.54) is 34.0 Å². The molecule has 6 fully saturated rings. The van der Waals surface area contributed by atoms with Gasteiger partial charge in [-0.2, -0.15) is 0 Å². The zero-order valence-electron chi connectivity index (χ0n) is 44.6. The number of rotatable bonds is 21. The predicted molar refractivity (Wildman–Crippen MR) is 259 cm³/mol. The maximum absolute atomic E-state index is 11.4. The molecule has 16 N–H and O–H groups in total. The number of aliphatic hydroxyl groups excluding tert-OH is 16. The maximum atomic E-state index is 11.4. The minimum atomic E-state index is -1.82. The Labute approximate surface area is 451 Å². The Kier molecular flexibility index (Phi) is 24.2. The van der Waals surface area contributed by atoms with Crippen LogP contribution in [0, 0.1) is 0 Å². The normalized spacial score (nSPS) is 48.2. The predicted octanol–water partition coefficient (Wildman–Crippen LogP) is -5.62. The molecule has 0 aromatic carbocycles. The highest BCUT2D eigenvalue weighted by Gasteiger charge is 2.56. The Bertz CT molecular complexity index is 1930. The highest BCUT2D eigenvalue weighted by atomic mass is 16.8. The molecular formula is C50H84O28. The van der Waals surface area contributed by atoms with Crippen molar-refractivity contribution >= 4 is 0 Å². The van der Waals surface area contributed by atoms with Gasteiger partial charge in [0.15, 0.2) is 37.6 Å². The fourth-order valence-corrected chi connectivity index (χ4v) is 9.76. The smallest absolute Gasteiger partial charge is 0.228 e. The summed E-state index contributed by atoms with van der Waals surface area (Å²) in [6.45, 7) is 9.57. The van der Waals surface area contributed by atoms with Crippen LogP contribution in [0.15, 0.2) is 35.1 Å². The van der Waals surface area contributed by atoms with E-state index in [4.69, 9.17) is 56.8 Å². The van der Waals surface area contributed by atoms with Gasteiger partial charge in [0.25, 0.3) is 0 Å². The number of aliphatic hydroxyl groups is 16. The van der Waals surface area contributed by atoms with E-state index >= 15 is 0 Å². The summed E-state index contributed by atoms with van der Waals surface area (Å²) < 4.78 is 70.7. The zero-order chi connectivity index (χ0) is 57.6. The molecule has 30 atom stereocenters. The van der Waals surface area contributed by atoms with E-state index in [0.29, 0.717) is 36.8 Å². The first-order chi connectivity index (χ1) is 36.8. The molecule has 0 aromatic heterocycles. The van der Waals surface area contributed by atoms with Crippen LogP contribution in [0.5, 0.6) is 0 Å². The van der Waals surface area contributed by atoms with Crippen LogP contribution in [0.25, 0.3) is 0 Å². The van der Waals surface area contributed by atoms with Crippen molar-refractivity contribution in [1.29, 1.82) is 0 Å². The summed E-state index contributed by atoms with van der Waals surface area (Å²) in [4.78, 5) is 0. The molecule has 0 spiro atoms. The fourth-order valence-electron chi connectivity index (χ4n) is 9.76. The average Bonchev–Trinajstić information content (AvgIpc) is 3.46. The summed E-state index contributed by atoms with van der Waals surface area (Å²) in [6, 6.07) is 0. The Balaban J connectivity index is 1.08. The van der Waals surface area contributed by atoms with Gasteiger partial charge in [0.1, 0.15) is 116 Å². The van der Waals surface area contributed by atoms with Crippen LogP contribution in [-0.4, -0.2) is 286 Å². The monoisotopic (exact) mass is 1130 g/mol. The molecule has 6 rings (SSSR count). The summed E-state index contributed by atoms with van der Waals surface area (Å²) >= 11 is 0. The standard InChI is InChI=1S/C50H84O28/c1-18(10-8-12-19(2)16-67-49-43(77-47-39(65)35(61)29(55)23(6)71-47)41(31(57)25(14-51)73-49)75-45-37(63)33(59)27(53)21(4)69-45)11-9-13-20(3)17-68-50-44(78-48-40(66)36(62)30(56)24(7)72-48)42(32(58)26(15-52)74-50)76-46-38(64)34(60)28(54)22(5)70-46/h10,13,16,21-66H,8-9,11-12,14-15,17H2,1-7H3/b18-10+,19-16+,20-13-/t21-,22-,23-,24-,25+,26+,27-,28-,29-,30+,31+,32+,33+,34+,35+,36+,37+,38+,39+,40+,41-,42-,43+,44+,45-,46-,47-,48-,49+,50+/m0/s1. The number of hydrogen-bond donors (Lipinski definition) is 16. The molecule has 0 saturated carbocycles. The van der Waals surface area contributed by atoms with Gasteiger partial charge in [-0.05, 0) is 79.7 Å². The second kappa shape index (κ2) is 29.0. The molecule has 0 bridgehead atoms. The van der Waals surface area contributed by atoms with Crippen molar-refractivity contribution in [3.8, 4) is 0 Å². The van der Waals surface area contributed by atoms with E-state index in [-0.39, 0.29) is 6.61 Å². The summed E-state index contributed by atoms with van der Waals surface area (Å²) in [5.41, 5.74) is 2.41. The van der Waals surface area contributed by atoms with E-state index in [2.05, 4.69) is 0 Å². The minimum absolute atomic E-state index is 0.0999. The van der Waals surface area contributed by atoms with Crippen molar-refractivity contribution in [1.82, 2.24) is 0 Å². The van der Waals surface area contributed by atoms with E-state index < -0.39 is 197 Å². The minimum Gasteiger partial charge on any atom is -0.470 e. The van der Waals surface area contributed by atoms with Gasteiger partial charge in [-0.1, -0.05) is 23.3 Å². The number of allylic oxidation sites excluding steroid dienone is 4. The molecule has 0 aromatic rings. The highest BCUT2D eigenvalue weighted by molar-refractivity contribution is 5.07. The Hall–Kier alpha value is -2.06. The second-order valence-electron chi connectivity index (χ2n) is 21.2. The third-order valence-electron chi connectivity index (χ3n) is 14.9. The van der Waals surface area contributed by atoms with Crippen LogP contribution >= 0.6 is 0 Å². The molecular weight excluding hydrogens is 1050 g/mol. The Morgan fingerprint density at radius 3 is 1.05 bits per heavy atom. The van der Waals surface area contributed by atoms with E-state index in [1.807, 2.05) is 19.1 Å². The largest absolute Gasteiger partial charge is 0.470 e. The molecule has 452 valence electrons. The van der Waals surface area contributed by atoms with Crippen molar-refractivity contribution in [2.24, 2.45) is 0 Å². The van der Waals surface area contributed by atoms with Crippen LogP contribution in [0.4, 0.5) is 0 Å². The highest BCUT2D eigenvalue weighted by Crippen LogP contribution is 2.36. The average molecular weight is 1130 g/mol. The lowest BCUT2D eigenvalue weighted by molar-refractivity contribution is -0.388. The maximum Gasteiger partial charge on any atom is 0.228 e. The summed E-state index contributed by atoms with van der Waals surface area (Å²) in [7, 11) is 0. The molecule has 6 aliphatic rings. The molecule has 28 nitrogen and oxygen atoms in total. The number of ether oxygens (including phenoxy) is 12. The van der Waals surface area contributed by atoms with Crippen molar-refractivity contribution < 1.29 is 139 Å². The first-order valence-corrected chi connectivity index (χ1v) is 26.3. The molecule has 0 aliphatic carbocycles. The molecule has 0 radical (unpaired) electrons. The lowest BCUT2D eigenvalue weighted by atomic mass is 9.96. The summed E-state index contributed by atoms with van der Waals surface area (Å²) in [5, 5.41) is 170. The fraction of sp³-hybridized carbons (Fsp3) is 0.880. The SMILES string of the molecule is C/C(=C/CC/C(C)=C/CC/C(C)=C/O[C@@H]1O[C@H](CO)[C@@H](O)[C@H](O[C@@H]2O[C@@H](C)[C@H](O)[C@@H](O)[C@H]2O)[C@H]1O[C@@H]1O[C@@H](C)[C@H](O)[C@@H](O)[C@H]1O)CO[C@@H]1O[C@H](CO)[C@@H](O)[C@H](O[C@@H]2O[C@@H](C)[C@H](O)[C@@H](O)[C@H]2O)[C@H]1O[C@@H]1O[C@@H](C)[C@@H](O)[C@@H](O)[C@H]1O.